The second-order valence-electron chi connectivity index (χ2n) is 8.16. The first-order valence-corrected chi connectivity index (χ1v) is 12.2. The fraction of sp³-hybridized carbons (Fsp3) is 0.400. The summed E-state index contributed by atoms with van der Waals surface area (Å²) < 4.78 is 18.9. The lowest BCUT2D eigenvalue weighted by atomic mass is 10.1. The molecule has 0 bridgehead atoms. The SMILES string of the molecule is COc1ccc(/C=C2\OC3C=CC=CC3=[N+](CC(=O)NCCCN3CCOCC3)C2=O)cc1Br. The summed E-state index contributed by atoms with van der Waals surface area (Å²) in [5.74, 6) is 0.339. The molecule has 180 valence electrons. The number of fused-ring (bicyclic) bond motifs is 1. The van der Waals surface area contributed by atoms with Crippen LogP contribution in [0.1, 0.15) is 12.0 Å². The lowest BCUT2D eigenvalue weighted by Crippen LogP contribution is -2.46. The van der Waals surface area contributed by atoms with E-state index >= 15 is 0 Å². The van der Waals surface area contributed by atoms with E-state index in [4.69, 9.17) is 14.2 Å². The second-order valence-corrected chi connectivity index (χ2v) is 9.01. The van der Waals surface area contributed by atoms with Crippen LogP contribution in [0.5, 0.6) is 5.75 Å². The van der Waals surface area contributed by atoms with Crippen LogP contribution in [0.2, 0.25) is 0 Å². The number of halogens is 1. The number of nitrogens with one attached hydrogen (secondary N) is 1. The van der Waals surface area contributed by atoms with Crippen molar-refractivity contribution in [3.05, 3.63) is 58.3 Å². The molecule has 1 aromatic rings. The summed E-state index contributed by atoms with van der Waals surface area (Å²) in [5, 5.41) is 2.94. The Balaban J connectivity index is 1.43. The molecule has 1 aromatic carbocycles. The molecule has 1 N–H and O–H groups in total. The Morgan fingerprint density at radius 2 is 2.15 bits per heavy atom. The number of carbonyl (C=O) groups is 2. The Morgan fingerprint density at radius 3 is 2.91 bits per heavy atom. The maximum absolute atomic E-state index is 13.3. The van der Waals surface area contributed by atoms with Crippen LogP contribution >= 0.6 is 15.9 Å². The number of rotatable bonds is 8. The molecule has 0 aromatic heterocycles. The van der Waals surface area contributed by atoms with E-state index in [1.807, 2.05) is 42.5 Å². The molecule has 8 nitrogen and oxygen atoms in total. The molecule has 2 amide bonds. The van der Waals surface area contributed by atoms with Crippen molar-refractivity contribution in [2.24, 2.45) is 0 Å². The summed E-state index contributed by atoms with van der Waals surface area (Å²) >= 11 is 3.47. The van der Waals surface area contributed by atoms with Crippen molar-refractivity contribution < 1.29 is 28.4 Å². The summed E-state index contributed by atoms with van der Waals surface area (Å²) in [6.07, 6.45) is 9.50. The smallest absolute Gasteiger partial charge is 0.455 e. The summed E-state index contributed by atoms with van der Waals surface area (Å²) in [7, 11) is 1.60. The van der Waals surface area contributed by atoms with Crippen molar-refractivity contribution in [2.45, 2.75) is 12.5 Å². The molecule has 3 aliphatic rings. The van der Waals surface area contributed by atoms with Crippen molar-refractivity contribution in [1.29, 1.82) is 0 Å². The lowest BCUT2D eigenvalue weighted by molar-refractivity contribution is -0.443. The fourth-order valence-electron chi connectivity index (χ4n) is 4.03. The number of hydrogen-bond donors (Lipinski definition) is 1. The van der Waals surface area contributed by atoms with Gasteiger partial charge in [-0.2, -0.15) is 0 Å². The Hall–Kier alpha value is -2.75. The van der Waals surface area contributed by atoms with E-state index in [2.05, 4.69) is 26.1 Å². The third kappa shape index (κ3) is 6.02. The number of benzene rings is 1. The van der Waals surface area contributed by atoms with Gasteiger partial charge in [-0.05, 0) is 58.7 Å². The van der Waals surface area contributed by atoms with Crippen molar-refractivity contribution in [2.75, 3.05) is 53.0 Å². The maximum atomic E-state index is 13.3. The van der Waals surface area contributed by atoms with Gasteiger partial charge in [-0.25, -0.2) is 4.79 Å². The van der Waals surface area contributed by atoms with Crippen molar-refractivity contribution >= 4 is 39.5 Å². The Morgan fingerprint density at radius 1 is 1.32 bits per heavy atom. The van der Waals surface area contributed by atoms with Gasteiger partial charge in [-0.1, -0.05) is 18.2 Å². The van der Waals surface area contributed by atoms with Crippen molar-refractivity contribution in [1.82, 2.24) is 10.2 Å². The highest BCUT2D eigenvalue weighted by Gasteiger charge is 2.40. The third-order valence-electron chi connectivity index (χ3n) is 5.83. The summed E-state index contributed by atoms with van der Waals surface area (Å²) in [5.41, 5.74) is 1.44. The van der Waals surface area contributed by atoms with Crippen LogP contribution < -0.4 is 10.1 Å². The first kappa shape index (κ1) is 24.4. The second kappa shape index (κ2) is 11.6. The average Bonchev–Trinajstić information content (AvgIpc) is 2.85. The first-order valence-electron chi connectivity index (χ1n) is 11.4. The highest BCUT2D eigenvalue weighted by molar-refractivity contribution is 9.10. The van der Waals surface area contributed by atoms with Crippen LogP contribution in [0.4, 0.5) is 0 Å². The van der Waals surface area contributed by atoms with Gasteiger partial charge in [0, 0.05) is 25.7 Å². The van der Waals surface area contributed by atoms with E-state index in [0.717, 1.165) is 49.3 Å². The molecular weight excluding hydrogens is 502 g/mol. The fourth-order valence-corrected chi connectivity index (χ4v) is 4.59. The van der Waals surface area contributed by atoms with E-state index in [-0.39, 0.29) is 24.1 Å². The minimum atomic E-state index is -0.426. The molecule has 1 atom stereocenters. The molecule has 9 heteroatoms. The van der Waals surface area contributed by atoms with Crippen molar-refractivity contribution in [3.63, 3.8) is 0 Å². The number of nitrogens with zero attached hydrogens (tertiary/aromatic N) is 2. The Kier molecular flexibility index (Phi) is 8.31. The van der Waals surface area contributed by atoms with Crippen LogP contribution in [0.15, 0.2) is 52.7 Å². The topological polar surface area (TPSA) is 80.1 Å². The number of hydrogen-bond acceptors (Lipinski definition) is 6. The number of carbonyl (C=O) groups excluding carboxylic acids is 2. The molecule has 4 rings (SSSR count). The molecule has 1 saturated heterocycles. The van der Waals surface area contributed by atoms with Crippen LogP contribution in [0, 0.1) is 0 Å². The zero-order valence-electron chi connectivity index (χ0n) is 19.2. The lowest BCUT2D eigenvalue weighted by Gasteiger charge is -2.26. The first-order chi connectivity index (χ1) is 16.5. The van der Waals surface area contributed by atoms with Gasteiger partial charge < -0.3 is 19.5 Å². The Labute approximate surface area is 207 Å². The van der Waals surface area contributed by atoms with E-state index in [1.54, 1.807) is 13.2 Å². The van der Waals surface area contributed by atoms with E-state index in [0.29, 0.717) is 18.0 Å². The third-order valence-corrected chi connectivity index (χ3v) is 6.45. The van der Waals surface area contributed by atoms with Crippen LogP contribution in [0.3, 0.4) is 0 Å². The molecule has 2 aliphatic heterocycles. The van der Waals surface area contributed by atoms with E-state index < -0.39 is 6.10 Å². The molecule has 0 radical (unpaired) electrons. The van der Waals surface area contributed by atoms with Crippen LogP contribution in [-0.2, 0) is 19.1 Å². The molecule has 1 unspecified atom stereocenters. The van der Waals surface area contributed by atoms with E-state index in [9.17, 15) is 9.59 Å². The van der Waals surface area contributed by atoms with Crippen LogP contribution in [0.25, 0.3) is 6.08 Å². The zero-order chi connectivity index (χ0) is 23.9. The summed E-state index contributed by atoms with van der Waals surface area (Å²) in [6, 6.07) is 5.51. The summed E-state index contributed by atoms with van der Waals surface area (Å²) in [4.78, 5) is 28.3. The molecular formula is C25H29BrN3O5+. The van der Waals surface area contributed by atoms with Gasteiger partial charge in [0.05, 0.1) is 24.8 Å². The molecule has 34 heavy (non-hydrogen) atoms. The molecule has 0 saturated carbocycles. The maximum Gasteiger partial charge on any atom is 0.455 e. The van der Waals surface area contributed by atoms with Gasteiger partial charge in [-0.3, -0.25) is 9.69 Å². The predicted molar refractivity (Wildman–Crippen MR) is 132 cm³/mol. The van der Waals surface area contributed by atoms with Gasteiger partial charge in [0.1, 0.15) is 5.75 Å². The van der Waals surface area contributed by atoms with Crippen LogP contribution in [-0.4, -0.2) is 86.2 Å². The minimum Gasteiger partial charge on any atom is -0.496 e. The van der Waals surface area contributed by atoms with Gasteiger partial charge >= 0.3 is 5.91 Å². The highest BCUT2D eigenvalue weighted by Crippen LogP contribution is 2.27. The largest absolute Gasteiger partial charge is 0.496 e. The number of ether oxygens (including phenoxy) is 3. The summed E-state index contributed by atoms with van der Waals surface area (Å²) in [6.45, 7) is 4.79. The minimum absolute atomic E-state index is 0.0621. The number of morpholine rings is 1. The van der Waals surface area contributed by atoms with Gasteiger partial charge in [0.15, 0.2) is 0 Å². The molecule has 1 fully saturated rings. The number of amides is 2. The number of methoxy groups -OCH3 is 1. The normalized spacial score (nSPS) is 21.4. The van der Waals surface area contributed by atoms with Crippen molar-refractivity contribution in [3.8, 4) is 5.75 Å². The van der Waals surface area contributed by atoms with E-state index in [1.165, 1.54) is 4.58 Å². The number of allylic oxidation sites excluding steroid dienone is 2. The predicted octanol–water partition coefficient (Wildman–Crippen LogP) is 2.14. The van der Waals surface area contributed by atoms with Gasteiger partial charge in [-0.15, -0.1) is 4.58 Å². The highest BCUT2D eigenvalue weighted by atomic mass is 79.9. The standard InChI is InChI=1S/C25H28BrN3O5/c1-32-21-8-7-18(15-19(21)26)16-23-25(31)29(20-5-2-3-6-22(20)34-23)17-24(30)27-9-4-10-28-11-13-33-14-12-28/h2-3,5-8,15-16,22H,4,9-14,17H2,1H3/p+1/b23-16-. The Bertz CT molecular complexity index is 1060. The zero-order valence-corrected chi connectivity index (χ0v) is 20.8. The van der Waals surface area contributed by atoms with Gasteiger partial charge in [0.2, 0.25) is 24.1 Å². The quantitative estimate of drug-likeness (QED) is 0.315. The molecule has 2 heterocycles. The monoisotopic (exact) mass is 530 g/mol. The average molecular weight is 531 g/mol. The van der Waals surface area contributed by atoms with Gasteiger partial charge in [0.25, 0.3) is 5.91 Å². The molecule has 1 aliphatic carbocycles. The molecule has 0 spiro atoms.